The Kier molecular flexibility index (Phi) is 5.15. The van der Waals surface area contributed by atoms with Crippen LogP contribution in [0, 0.1) is 12.7 Å². The maximum atomic E-state index is 13.2. The van der Waals surface area contributed by atoms with Crippen molar-refractivity contribution < 1.29 is 9.13 Å². The van der Waals surface area contributed by atoms with E-state index in [0.29, 0.717) is 11.5 Å². The molecule has 0 aliphatic heterocycles. The molecule has 0 atom stereocenters. The molecule has 0 bridgehead atoms. The van der Waals surface area contributed by atoms with Crippen molar-refractivity contribution in [3.8, 4) is 11.5 Å². The van der Waals surface area contributed by atoms with Crippen LogP contribution < -0.4 is 10.1 Å². The summed E-state index contributed by atoms with van der Waals surface area (Å²) < 4.78 is 20.0. The third kappa shape index (κ3) is 3.81. The number of benzene rings is 2. The second-order valence-corrected chi connectivity index (χ2v) is 5.40. The number of ether oxygens (including phenoxy) is 1. The lowest BCUT2D eigenvalue weighted by Crippen LogP contribution is -2.11. The Morgan fingerprint density at radius 1 is 1.20 bits per heavy atom. The second kappa shape index (κ2) is 6.86. The van der Waals surface area contributed by atoms with Crippen LogP contribution in [0.4, 0.5) is 4.39 Å². The van der Waals surface area contributed by atoms with E-state index in [-0.39, 0.29) is 5.82 Å². The average Bonchev–Trinajstić information content (AvgIpc) is 2.42. The topological polar surface area (TPSA) is 21.3 Å². The lowest BCUT2D eigenvalue weighted by atomic mass is 10.2. The molecule has 2 nitrogen and oxygen atoms in total. The van der Waals surface area contributed by atoms with Crippen LogP contribution >= 0.6 is 15.9 Å². The summed E-state index contributed by atoms with van der Waals surface area (Å²) in [5.41, 5.74) is 2.06. The van der Waals surface area contributed by atoms with E-state index >= 15 is 0 Å². The summed E-state index contributed by atoms with van der Waals surface area (Å²) in [5.74, 6) is 0.926. The van der Waals surface area contributed by atoms with Gasteiger partial charge >= 0.3 is 0 Å². The van der Waals surface area contributed by atoms with Crippen LogP contribution in [0.2, 0.25) is 0 Å². The van der Waals surface area contributed by atoms with Gasteiger partial charge in [0.15, 0.2) is 0 Å². The fourth-order valence-corrected chi connectivity index (χ4v) is 2.30. The monoisotopic (exact) mass is 337 g/mol. The average molecular weight is 338 g/mol. The highest BCUT2D eigenvalue weighted by Gasteiger charge is 2.06. The molecule has 0 saturated heterocycles. The van der Waals surface area contributed by atoms with Gasteiger partial charge in [-0.1, -0.05) is 35.0 Å². The van der Waals surface area contributed by atoms with Crippen molar-refractivity contribution in [3.05, 3.63) is 57.8 Å². The van der Waals surface area contributed by atoms with E-state index in [4.69, 9.17) is 4.74 Å². The molecule has 0 amide bonds. The summed E-state index contributed by atoms with van der Waals surface area (Å²) in [7, 11) is 0. The van der Waals surface area contributed by atoms with E-state index in [9.17, 15) is 4.39 Å². The fourth-order valence-electron chi connectivity index (χ4n) is 1.81. The molecule has 2 aromatic rings. The number of halogens is 2. The zero-order chi connectivity index (χ0) is 14.5. The zero-order valence-electron chi connectivity index (χ0n) is 11.5. The summed E-state index contributed by atoms with van der Waals surface area (Å²) in [4.78, 5) is 0. The van der Waals surface area contributed by atoms with E-state index < -0.39 is 0 Å². The fraction of sp³-hybridized carbons (Fsp3) is 0.250. The van der Waals surface area contributed by atoms with Gasteiger partial charge in [-0.05, 0) is 42.8 Å². The Morgan fingerprint density at radius 2 is 2.00 bits per heavy atom. The van der Waals surface area contributed by atoms with Crippen molar-refractivity contribution in [2.45, 2.75) is 20.4 Å². The summed E-state index contributed by atoms with van der Waals surface area (Å²) >= 11 is 3.53. The van der Waals surface area contributed by atoms with Crippen LogP contribution in [0.5, 0.6) is 11.5 Å². The third-order valence-corrected chi connectivity index (χ3v) is 3.71. The molecular formula is C16H17BrFNO. The van der Waals surface area contributed by atoms with E-state index in [2.05, 4.69) is 28.2 Å². The van der Waals surface area contributed by atoms with E-state index in [1.54, 1.807) is 6.07 Å². The maximum Gasteiger partial charge on any atom is 0.133 e. The molecule has 0 aliphatic carbocycles. The first kappa shape index (κ1) is 15.0. The first-order valence-corrected chi connectivity index (χ1v) is 7.32. The zero-order valence-corrected chi connectivity index (χ0v) is 13.1. The summed E-state index contributed by atoms with van der Waals surface area (Å²) in [5, 5.41) is 3.27. The van der Waals surface area contributed by atoms with Gasteiger partial charge in [0.25, 0.3) is 0 Å². The third-order valence-electron chi connectivity index (χ3n) is 2.97. The SMILES string of the molecule is CCNCc1ccc(Oc2cc(F)ccc2C)cc1Br. The Labute approximate surface area is 127 Å². The number of hydrogen-bond donors (Lipinski definition) is 1. The minimum atomic E-state index is -0.298. The number of aryl methyl sites for hydroxylation is 1. The van der Waals surface area contributed by atoms with Gasteiger partial charge < -0.3 is 10.1 Å². The Hall–Kier alpha value is -1.39. The summed E-state index contributed by atoms with van der Waals surface area (Å²) in [6.07, 6.45) is 0. The van der Waals surface area contributed by atoms with E-state index in [1.165, 1.54) is 12.1 Å². The first-order chi connectivity index (χ1) is 9.60. The molecule has 0 heterocycles. The van der Waals surface area contributed by atoms with Crippen molar-refractivity contribution in [1.29, 1.82) is 0 Å². The molecule has 0 unspecified atom stereocenters. The van der Waals surface area contributed by atoms with Crippen LogP contribution in [-0.4, -0.2) is 6.54 Å². The second-order valence-electron chi connectivity index (χ2n) is 4.55. The van der Waals surface area contributed by atoms with Gasteiger partial charge in [0, 0.05) is 17.1 Å². The predicted molar refractivity (Wildman–Crippen MR) is 82.7 cm³/mol. The Balaban J connectivity index is 2.17. The van der Waals surface area contributed by atoms with Crippen LogP contribution in [0.3, 0.4) is 0 Å². The highest BCUT2D eigenvalue weighted by molar-refractivity contribution is 9.10. The van der Waals surface area contributed by atoms with Gasteiger partial charge in [0.2, 0.25) is 0 Å². The van der Waals surface area contributed by atoms with Gasteiger partial charge in [-0.3, -0.25) is 0 Å². The molecule has 20 heavy (non-hydrogen) atoms. The van der Waals surface area contributed by atoms with Gasteiger partial charge in [0.1, 0.15) is 17.3 Å². The van der Waals surface area contributed by atoms with Crippen LogP contribution in [0.15, 0.2) is 40.9 Å². The lowest BCUT2D eigenvalue weighted by Gasteiger charge is -2.11. The maximum absolute atomic E-state index is 13.2. The van der Waals surface area contributed by atoms with Crippen LogP contribution in [0.25, 0.3) is 0 Å². The molecule has 4 heteroatoms. The molecule has 0 aliphatic rings. The Morgan fingerprint density at radius 3 is 2.70 bits per heavy atom. The molecule has 0 fully saturated rings. The number of nitrogens with one attached hydrogen (secondary N) is 1. The summed E-state index contributed by atoms with van der Waals surface area (Å²) in [6.45, 7) is 5.69. The molecule has 0 saturated carbocycles. The van der Waals surface area contributed by atoms with E-state index in [0.717, 1.165) is 28.7 Å². The molecule has 1 N–H and O–H groups in total. The van der Waals surface area contributed by atoms with E-state index in [1.807, 2.05) is 25.1 Å². The van der Waals surface area contributed by atoms with Crippen molar-refractivity contribution in [1.82, 2.24) is 5.32 Å². The van der Waals surface area contributed by atoms with Crippen LogP contribution in [-0.2, 0) is 6.54 Å². The van der Waals surface area contributed by atoms with Crippen LogP contribution in [0.1, 0.15) is 18.1 Å². The smallest absolute Gasteiger partial charge is 0.133 e. The molecule has 106 valence electrons. The quantitative estimate of drug-likeness (QED) is 0.846. The minimum Gasteiger partial charge on any atom is -0.457 e. The molecule has 0 radical (unpaired) electrons. The first-order valence-electron chi connectivity index (χ1n) is 6.53. The predicted octanol–water partition coefficient (Wildman–Crippen LogP) is 4.80. The highest BCUT2D eigenvalue weighted by Crippen LogP contribution is 2.29. The molecule has 2 aromatic carbocycles. The molecule has 0 aromatic heterocycles. The number of rotatable bonds is 5. The normalized spacial score (nSPS) is 10.6. The highest BCUT2D eigenvalue weighted by atomic mass is 79.9. The minimum absolute atomic E-state index is 0.298. The molecule has 2 rings (SSSR count). The lowest BCUT2D eigenvalue weighted by molar-refractivity contribution is 0.472. The standard InChI is InChI=1S/C16H17BrFNO/c1-3-19-10-12-5-7-14(9-15(12)17)20-16-8-13(18)6-4-11(16)2/h4-9,19H,3,10H2,1-2H3. The Bertz CT molecular complexity index is 601. The van der Waals surface area contributed by atoms with Crippen molar-refractivity contribution >= 4 is 15.9 Å². The van der Waals surface area contributed by atoms with Gasteiger partial charge in [-0.15, -0.1) is 0 Å². The summed E-state index contributed by atoms with van der Waals surface area (Å²) in [6, 6.07) is 10.3. The van der Waals surface area contributed by atoms with Gasteiger partial charge in [0.05, 0.1) is 0 Å². The number of hydrogen-bond acceptors (Lipinski definition) is 2. The van der Waals surface area contributed by atoms with Crippen molar-refractivity contribution in [2.75, 3.05) is 6.54 Å². The van der Waals surface area contributed by atoms with Crippen molar-refractivity contribution in [2.24, 2.45) is 0 Å². The van der Waals surface area contributed by atoms with Gasteiger partial charge in [-0.2, -0.15) is 0 Å². The molecular weight excluding hydrogens is 321 g/mol. The van der Waals surface area contributed by atoms with Gasteiger partial charge in [-0.25, -0.2) is 4.39 Å². The largest absolute Gasteiger partial charge is 0.457 e. The molecule has 0 spiro atoms. The van der Waals surface area contributed by atoms with Crippen molar-refractivity contribution in [3.63, 3.8) is 0 Å².